The Morgan fingerprint density at radius 1 is 1.20 bits per heavy atom. The highest BCUT2D eigenvalue weighted by atomic mass is 79.9. The number of aromatic nitrogens is 3. The van der Waals surface area contributed by atoms with E-state index in [1.165, 1.54) is 11.2 Å². The predicted molar refractivity (Wildman–Crippen MR) is 86.3 cm³/mol. The van der Waals surface area contributed by atoms with Gasteiger partial charge < -0.3 is 5.32 Å². The molecule has 0 spiro atoms. The summed E-state index contributed by atoms with van der Waals surface area (Å²) in [6.07, 6.45) is 1.51. The van der Waals surface area contributed by atoms with Crippen molar-refractivity contribution < 1.29 is 0 Å². The van der Waals surface area contributed by atoms with Crippen molar-refractivity contribution in [2.75, 3.05) is 5.32 Å². The Bertz CT molecular complexity index is 664. The van der Waals surface area contributed by atoms with Crippen molar-refractivity contribution in [1.82, 2.24) is 15.2 Å². The van der Waals surface area contributed by atoms with Crippen LogP contribution >= 0.6 is 39.0 Å². The Balaban J connectivity index is 1.58. The van der Waals surface area contributed by atoms with Crippen LogP contribution in [0.4, 0.5) is 5.69 Å². The normalized spacial score (nSPS) is 10.7. The molecule has 0 amide bonds. The summed E-state index contributed by atoms with van der Waals surface area (Å²) in [7, 11) is 0. The first-order valence-electron chi connectivity index (χ1n) is 5.91. The molecule has 2 N–H and O–H groups in total. The summed E-state index contributed by atoms with van der Waals surface area (Å²) in [4.78, 5) is 6.52. The zero-order valence-corrected chi connectivity index (χ0v) is 13.6. The minimum Gasteiger partial charge on any atom is -0.380 e. The Morgan fingerprint density at radius 3 is 2.70 bits per heavy atom. The molecule has 0 saturated carbocycles. The van der Waals surface area contributed by atoms with Crippen LogP contribution in [0, 0.1) is 0 Å². The molecule has 4 nitrogen and oxygen atoms in total. The van der Waals surface area contributed by atoms with Crippen molar-refractivity contribution in [3.05, 3.63) is 51.4 Å². The van der Waals surface area contributed by atoms with Crippen LogP contribution < -0.4 is 5.32 Å². The monoisotopic (exact) mass is 366 g/mol. The van der Waals surface area contributed by atoms with Gasteiger partial charge in [-0.25, -0.2) is 4.98 Å². The van der Waals surface area contributed by atoms with Gasteiger partial charge in [-0.3, -0.25) is 5.10 Å². The molecule has 3 aromatic rings. The second-order valence-electron chi connectivity index (χ2n) is 3.98. The Morgan fingerprint density at radius 2 is 2.05 bits per heavy atom. The molecule has 102 valence electrons. The van der Waals surface area contributed by atoms with Crippen LogP contribution in [0.25, 0.3) is 0 Å². The quantitative estimate of drug-likeness (QED) is 0.702. The third-order valence-electron chi connectivity index (χ3n) is 2.56. The summed E-state index contributed by atoms with van der Waals surface area (Å²) in [5.74, 6) is 0. The maximum absolute atomic E-state index is 4.09. The van der Waals surface area contributed by atoms with Gasteiger partial charge >= 0.3 is 0 Å². The van der Waals surface area contributed by atoms with E-state index < -0.39 is 0 Å². The number of halogens is 1. The van der Waals surface area contributed by atoms with E-state index >= 15 is 0 Å². The van der Waals surface area contributed by atoms with Gasteiger partial charge in [0, 0.05) is 22.0 Å². The third-order valence-corrected chi connectivity index (χ3v) is 5.08. The number of rotatable bonds is 5. The van der Waals surface area contributed by atoms with E-state index in [0.717, 1.165) is 26.1 Å². The fourth-order valence-corrected chi connectivity index (χ4v) is 3.75. The molecule has 0 radical (unpaired) electrons. The maximum atomic E-state index is 4.09. The van der Waals surface area contributed by atoms with Crippen molar-refractivity contribution in [1.29, 1.82) is 0 Å². The first-order chi connectivity index (χ1) is 9.79. The van der Waals surface area contributed by atoms with Gasteiger partial charge in [0.15, 0.2) is 5.16 Å². The van der Waals surface area contributed by atoms with E-state index in [0.29, 0.717) is 0 Å². The molecule has 20 heavy (non-hydrogen) atoms. The molecule has 7 heteroatoms. The van der Waals surface area contributed by atoms with E-state index in [9.17, 15) is 0 Å². The topological polar surface area (TPSA) is 53.6 Å². The van der Waals surface area contributed by atoms with Gasteiger partial charge in [-0.15, -0.1) is 11.3 Å². The molecule has 3 rings (SSSR count). The van der Waals surface area contributed by atoms with Crippen molar-refractivity contribution in [3.63, 3.8) is 0 Å². The summed E-state index contributed by atoms with van der Waals surface area (Å²) < 4.78 is 1.16. The number of H-pyrrole nitrogens is 1. The first-order valence-corrected chi connectivity index (χ1v) is 8.33. The van der Waals surface area contributed by atoms with Gasteiger partial charge in [-0.2, -0.15) is 5.10 Å². The van der Waals surface area contributed by atoms with E-state index in [1.54, 1.807) is 23.1 Å². The third kappa shape index (κ3) is 3.62. The minimum absolute atomic E-state index is 0.800. The molecule has 2 aromatic heterocycles. The van der Waals surface area contributed by atoms with Crippen molar-refractivity contribution in [3.8, 4) is 0 Å². The second-order valence-corrected chi connectivity index (χ2v) is 7.59. The van der Waals surface area contributed by atoms with E-state index in [1.807, 2.05) is 0 Å². The zero-order valence-electron chi connectivity index (χ0n) is 10.3. The Labute approximate surface area is 133 Å². The van der Waals surface area contributed by atoms with Crippen LogP contribution in [0.3, 0.4) is 0 Å². The second kappa shape index (κ2) is 6.43. The summed E-state index contributed by atoms with van der Waals surface area (Å²) in [5.41, 5.74) is 1.11. The highest BCUT2D eigenvalue weighted by Gasteiger charge is 2.01. The lowest BCUT2D eigenvalue weighted by Gasteiger charge is -2.05. The smallest absolute Gasteiger partial charge is 0.188 e. The van der Waals surface area contributed by atoms with E-state index in [4.69, 9.17) is 0 Å². The Hall–Kier alpha value is -1.31. The molecular formula is C13H11BrN4S2. The molecule has 0 aliphatic carbocycles. The number of aromatic amines is 1. The lowest BCUT2D eigenvalue weighted by atomic mass is 10.3. The number of benzene rings is 1. The van der Waals surface area contributed by atoms with Crippen LogP contribution in [0.5, 0.6) is 0 Å². The summed E-state index contributed by atoms with van der Waals surface area (Å²) in [6, 6.07) is 12.5. The SMILES string of the molecule is Brc1ccc(CNc2ccc(Sc3ncn[nH]3)cc2)s1. The molecular weight excluding hydrogens is 356 g/mol. The lowest BCUT2D eigenvalue weighted by molar-refractivity contribution is 0.973. The molecule has 0 bridgehead atoms. The van der Waals surface area contributed by atoms with Gasteiger partial charge in [0.2, 0.25) is 0 Å². The fraction of sp³-hybridized carbons (Fsp3) is 0.0769. The van der Waals surface area contributed by atoms with Gasteiger partial charge in [-0.1, -0.05) is 11.8 Å². The number of hydrogen-bond acceptors (Lipinski definition) is 5. The number of anilines is 1. The Kier molecular flexibility index (Phi) is 4.39. The van der Waals surface area contributed by atoms with E-state index in [2.05, 4.69) is 72.8 Å². The average Bonchev–Trinajstić information content (AvgIpc) is 3.10. The maximum Gasteiger partial charge on any atom is 0.188 e. The lowest BCUT2D eigenvalue weighted by Crippen LogP contribution is -1.96. The minimum atomic E-state index is 0.800. The van der Waals surface area contributed by atoms with Crippen molar-refractivity contribution in [2.24, 2.45) is 0 Å². The van der Waals surface area contributed by atoms with Crippen molar-refractivity contribution >= 4 is 44.7 Å². The highest BCUT2D eigenvalue weighted by molar-refractivity contribution is 9.11. The van der Waals surface area contributed by atoms with Crippen molar-refractivity contribution in [2.45, 2.75) is 16.6 Å². The van der Waals surface area contributed by atoms with Crippen LogP contribution in [-0.4, -0.2) is 15.2 Å². The zero-order chi connectivity index (χ0) is 13.8. The van der Waals surface area contributed by atoms with Gasteiger partial charge in [-0.05, 0) is 52.3 Å². The van der Waals surface area contributed by atoms with E-state index in [-0.39, 0.29) is 0 Å². The standard InChI is InChI=1S/C13H11BrN4S2/c14-12-6-5-11(19-12)7-15-9-1-3-10(4-2-9)20-13-16-8-17-18-13/h1-6,8,15H,7H2,(H,16,17,18). The molecule has 0 fully saturated rings. The summed E-state index contributed by atoms with van der Waals surface area (Å²) >= 11 is 6.77. The van der Waals surface area contributed by atoms with Crippen LogP contribution in [0.15, 0.2) is 56.6 Å². The molecule has 0 unspecified atom stereocenters. The van der Waals surface area contributed by atoms with Crippen LogP contribution in [0.2, 0.25) is 0 Å². The van der Waals surface area contributed by atoms with Gasteiger partial charge in [0.1, 0.15) is 6.33 Å². The molecule has 0 aliphatic heterocycles. The number of hydrogen-bond donors (Lipinski definition) is 2. The molecule has 1 aromatic carbocycles. The molecule has 0 saturated heterocycles. The molecule has 0 atom stereocenters. The average molecular weight is 367 g/mol. The number of thiophene rings is 1. The fourth-order valence-electron chi connectivity index (χ4n) is 1.63. The van der Waals surface area contributed by atoms with Gasteiger partial charge in [0.05, 0.1) is 3.79 Å². The highest BCUT2D eigenvalue weighted by Crippen LogP contribution is 2.26. The summed E-state index contributed by atoms with van der Waals surface area (Å²) in [5, 5.41) is 10.9. The predicted octanol–water partition coefficient (Wildman–Crippen LogP) is 4.39. The largest absolute Gasteiger partial charge is 0.380 e. The van der Waals surface area contributed by atoms with Crippen LogP contribution in [-0.2, 0) is 6.54 Å². The number of nitrogens with zero attached hydrogens (tertiary/aromatic N) is 2. The first kappa shape index (κ1) is 13.7. The summed E-state index contributed by atoms with van der Waals surface area (Å²) in [6.45, 7) is 0.838. The molecule has 0 aliphatic rings. The molecule has 2 heterocycles. The van der Waals surface area contributed by atoms with Crippen LogP contribution in [0.1, 0.15) is 4.88 Å². The van der Waals surface area contributed by atoms with Gasteiger partial charge in [0.25, 0.3) is 0 Å². The number of nitrogens with one attached hydrogen (secondary N) is 2.